The van der Waals surface area contributed by atoms with Crippen LogP contribution in [0.4, 0.5) is 0 Å². The third-order valence-electron chi connectivity index (χ3n) is 1.60. The molecular formula is C7H15NO2. The molecule has 0 unspecified atom stereocenters. The summed E-state index contributed by atoms with van der Waals surface area (Å²) in [7, 11) is 0. The van der Waals surface area contributed by atoms with Crippen molar-refractivity contribution in [2.45, 2.75) is 32.2 Å². The van der Waals surface area contributed by atoms with E-state index in [0.29, 0.717) is 6.54 Å². The number of hydrogen-bond acceptors (Lipinski definition) is 3. The molecule has 1 fully saturated rings. The molecule has 0 aromatic carbocycles. The fourth-order valence-corrected chi connectivity index (χ4v) is 1.10. The maximum absolute atomic E-state index is 5.48. The van der Waals surface area contributed by atoms with E-state index in [1.54, 1.807) is 0 Å². The molecule has 0 amide bonds. The summed E-state index contributed by atoms with van der Waals surface area (Å²) >= 11 is 0. The van der Waals surface area contributed by atoms with E-state index in [2.05, 4.69) is 0 Å². The van der Waals surface area contributed by atoms with Gasteiger partial charge < -0.3 is 15.2 Å². The SMILES string of the molecule is CC1(C)OCC[C@H](CN)O1. The highest BCUT2D eigenvalue weighted by Gasteiger charge is 2.28. The summed E-state index contributed by atoms with van der Waals surface area (Å²) in [4.78, 5) is 0. The van der Waals surface area contributed by atoms with Gasteiger partial charge in [0.1, 0.15) is 0 Å². The van der Waals surface area contributed by atoms with Crippen molar-refractivity contribution >= 4 is 0 Å². The van der Waals surface area contributed by atoms with E-state index in [1.165, 1.54) is 0 Å². The Morgan fingerprint density at radius 3 is 2.70 bits per heavy atom. The zero-order valence-electron chi connectivity index (χ0n) is 6.59. The smallest absolute Gasteiger partial charge is 0.163 e. The van der Waals surface area contributed by atoms with Crippen molar-refractivity contribution in [1.82, 2.24) is 0 Å². The molecule has 1 heterocycles. The topological polar surface area (TPSA) is 44.5 Å². The largest absolute Gasteiger partial charge is 0.350 e. The van der Waals surface area contributed by atoms with Crippen LogP contribution >= 0.6 is 0 Å². The zero-order valence-corrected chi connectivity index (χ0v) is 6.59. The van der Waals surface area contributed by atoms with E-state index in [1.807, 2.05) is 13.8 Å². The van der Waals surface area contributed by atoms with Gasteiger partial charge in [-0.15, -0.1) is 0 Å². The quantitative estimate of drug-likeness (QED) is 0.584. The number of nitrogens with two attached hydrogens (primary N) is 1. The second-order valence-corrected chi connectivity index (χ2v) is 3.01. The Bertz CT molecular complexity index is 114. The Kier molecular flexibility index (Phi) is 2.28. The van der Waals surface area contributed by atoms with Gasteiger partial charge in [0.2, 0.25) is 0 Å². The average molecular weight is 145 g/mol. The molecule has 3 heteroatoms. The molecule has 2 N–H and O–H groups in total. The first-order chi connectivity index (χ1) is 4.64. The molecule has 0 aromatic heterocycles. The van der Waals surface area contributed by atoms with Gasteiger partial charge in [0.05, 0.1) is 12.7 Å². The van der Waals surface area contributed by atoms with E-state index in [0.717, 1.165) is 13.0 Å². The van der Waals surface area contributed by atoms with Gasteiger partial charge in [0.15, 0.2) is 5.79 Å². The summed E-state index contributed by atoms with van der Waals surface area (Å²) in [6.45, 7) is 5.17. The molecule has 0 aliphatic carbocycles. The molecule has 10 heavy (non-hydrogen) atoms. The highest BCUT2D eigenvalue weighted by molar-refractivity contribution is 4.68. The first-order valence-corrected chi connectivity index (χ1v) is 3.66. The first kappa shape index (κ1) is 7.98. The van der Waals surface area contributed by atoms with Crippen molar-refractivity contribution in [2.75, 3.05) is 13.2 Å². The Labute approximate surface area is 61.5 Å². The van der Waals surface area contributed by atoms with Crippen LogP contribution in [0, 0.1) is 0 Å². The standard InChI is InChI=1S/C7H15NO2/c1-7(2)9-4-3-6(5-8)10-7/h6H,3-5,8H2,1-2H3/t6-/m1/s1. The lowest BCUT2D eigenvalue weighted by atomic mass is 10.2. The molecule has 1 aliphatic rings. The minimum Gasteiger partial charge on any atom is -0.350 e. The van der Waals surface area contributed by atoms with E-state index < -0.39 is 5.79 Å². The third kappa shape index (κ3) is 1.94. The van der Waals surface area contributed by atoms with Gasteiger partial charge in [0, 0.05) is 6.54 Å². The summed E-state index contributed by atoms with van der Waals surface area (Å²) in [5, 5.41) is 0. The minimum absolute atomic E-state index is 0.184. The van der Waals surface area contributed by atoms with Crippen LogP contribution in [0.3, 0.4) is 0 Å². The lowest BCUT2D eigenvalue weighted by Crippen LogP contribution is -2.42. The Balaban J connectivity index is 2.40. The Morgan fingerprint density at radius 2 is 2.30 bits per heavy atom. The van der Waals surface area contributed by atoms with E-state index in [9.17, 15) is 0 Å². The van der Waals surface area contributed by atoms with Crippen molar-refractivity contribution in [1.29, 1.82) is 0 Å². The van der Waals surface area contributed by atoms with E-state index in [-0.39, 0.29) is 6.10 Å². The molecule has 0 spiro atoms. The minimum atomic E-state index is -0.428. The molecular weight excluding hydrogens is 130 g/mol. The van der Waals surface area contributed by atoms with Crippen LogP contribution in [0.1, 0.15) is 20.3 Å². The summed E-state index contributed by atoms with van der Waals surface area (Å²) in [6, 6.07) is 0. The zero-order chi connectivity index (χ0) is 7.61. The van der Waals surface area contributed by atoms with Crippen molar-refractivity contribution in [2.24, 2.45) is 5.73 Å². The lowest BCUT2D eigenvalue weighted by molar-refractivity contribution is -0.270. The van der Waals surface area contributed by atoms with Gasteiger partial charge in [0.25, 0.3) is 0 Å². The summed E-state index contributed by atoms with van der Waals surface area (Å²) < 4.78 is 10.8. The van der Waals surface area contributed by atoms with Crippen LogP contribution in [0.25, 0.3) is 0 Å². The number of hydrogen-bond donors (Lipinski definition) is 1. The van der Waals surface area contributed by atoms with Gasteiger partial charge >= 0.3 is 0 Å². The normalized spacial score (nSPS) is 32.1. The molecule has 0 saturated carbocycles. The fraction of sp³-hybridized carbons (Fsp3) is 1.00. The van der Waals surface area contributed by atoms with Gasteiger partial charge in [-0.3, -0.25) is 0 Å². The molecule has 1 rings (SSSR count). The highest BCUT2D eigenvalue weighted by Crippen LogP contribution is 2.20. The van der Waals surface area contributed by atoms with Crippen LogP contribution in [-0.2, 0) is 9.47 Å². The van der Waals surface area contributed by atoms with Crippen LogP contribution in [0.5, 0.6) is 0 Å². The van der Waals surface area contributed by atoms with Crippen LogP contribution in [-0.4, -0.2) is 25.0 Å². The van der Waals surface area contributed by atoms with Crippen LogP contribution in [0.15, 0.2) is 0 Å². The Hall–Kier alpha value is -0.120. The van der Waals surface area contributed by atoms with E-state index >= 15 is 0 Å². The van der Waals surface area contributed by atoms with Crippen LogP contribution in [0.2, 0.25) is 0 Å². The third-order valence-corrected chi connectivity index (χ3v) is 1.60. The number of ether oxygens (including phenoxy) is 2. The van der Waals surface area contributed by atoms with Gasteiger partial charge in [-0.25, -0.2) is 0 Å². The van der Waals surface area contributed by atoms with Gasteiger partial charge in [-0.05, 0) is 20.3 Å². The lowest BCUT2D eigenvalue weighted by Gasteiger charge is -2.35. The van der Waals surface area contributed by atoms with Crippen molar-refractivity contribution in [3.8, 4) is 0 Å². The molecule has 1 saturated heterocycles. The predicted molar refractivity (Wildman–Crippen MR) is 38.6 cm³/mol. The van der Waals surface area contributed by atoms with Gasteiger partial charge in [-0.2, -0.15) is 0 Å². The average Bonchev–Trinajstić information content (AvgIpc) is 1.86. The van der Waals surface area contributed by atoms with Crippen molar-refractivity contribution in [3.63, 3.8) is 0 Å². The molecule has 3 nitrogen and oxygen atoms in total. The fourth-order valence-electron chi connectivity index (χ4n) is 1.10. The molecule has 1 atom stereocenters. The monoisotopic (exact) mass is 145 g/mol. The second-order valence-electron chi connectivity index (χ2n) is 3.01. The van der Waals surface area contributed by atoms with E-state index in [4.69, 9.17) is 15.2 Å². The van der Waals surface area contributed by atoms with Gasteiger partial charge in [-0.1, -0.05) is 0 Å². The van der Waals surface area contributed by atoms with Crippen molar-refractivity contribution in [3.05, 3.63) is 0 Å². The van der Waals surface area contributed by atoms with Crippen LogP contribution < -0.4 is 5.73 Å². The maximum atomic E-state index is 5.48. The summed E-state index contributed by atoms with van der Waals surface area (Å²) in [5.41, 5.74) is 5.44. The Morgan fingerprint density at radius 1 is 1.60 bits per heavy atom. The molecule has 60 valence electrons. The number of rotatable bonds is 1. The van der Waals surface area contributed by atoms with Crippen molar-refractivity contribution < 1.29 is 9.47 Å². The molecule has 0 aromatic rings. The predicted octanol–water partition coefficient (Wildman–Crippen LogP) is 0.487. The summed E-state index contributed by atoms with van der Waals surface area (Å²) in [6.07, 6.45) is 1.10. The summed E-state index contributed by atoms with van der Waals surface area (Å²) in [5.74, 6) is -0.428. The highest BCUT2D eigenvalue weighted by atomic mass is 16.7. The first-order valence-electron chi connectivity index (χ1n) is 3.66. The molecule has 1 aliphatic heterocycles. The second kappa shape index (κ2) is 2.86. The molecule has 0 radical (unpaired) electrons. The molecule has 0 bridgehead atoms. The maximum Gasteiger partial charge on any atom is 0.163 e.